The SMILES string of the molecule is CC(C)c1ccc(NC(=S)N/N=C/C=C/c2cn(Cc3ccccc3)nn2)cc1. The smallest absolute Gasteiger partial charge is 0.191 e. The largest absolute Gasteiger partial charge is 0.331 e. The van der Waals surface area contributed by atoms with Crippen molar-refractivity contribution >= 4 is 35.3 Å². The highest BCUT2D eigenvalue weighted by molar-refractivity contribution is 7.80. The average Bonchev–Trinajstić information content (AvgIpc) is 3.16. The number of nitrogens with one attached hydrogen (secondary N) is 2. The van der Waals surface area contributed by atoms with Gasteiger partial charge in [-0.3, -0.25) is 5.43 Å². The van der Waals surface area contributed by atoms with E-state index in [2.05, 4.69) is 64.3 Å². The van der Waals surface area contributed by atoms with Crippen LogP contribution >= 0.6 is 12.2 Å². The van der Waals surface area contributed by atoms with Crippen molar-refractivity contribution in [2.45, 2.75) is 26.3 Å². The lowest BCUT2D eigenvalue weighted by Gasteiger charge is -2.09. The van der Waals surface area contributed by atoms with Crippen LogP contribution in [0, 0.1) is 0 Å². The first-order valence-corrected chi connectivity index (χ1v) is 9.82. The summed E-state index contributed by atoms with van der Waals surface area (Å²) in [4.78, 5) is 0. The molecular formula is C22H24N6S. The molecule has 0 aliphatic rings. The minimum Gasteiger partial charge on any atom is -0.331 e. The molecule has 0 aliphatic heterocycles. The third-order valence-electron chi connectivity index (χ3n) is 4.17. The van der Waals surface area contributed by atoms with E-state index < -0.39 is 0 Å². The molecule has 3 aromatic rings. The minimum absolute atomic E-state index is 0.431. The van der Waals surface area contributed by atoms with Crippen LogP contribution in [0.1, 0.15) is 36.6 Å². The number of hydrogen-bond donors (Lipinski definition) is 2. The molecule has 2 N–H and O–H groups in total. The normalized spacial score (nSPS) is 11.4. The standard InChI is InChI=1S/C22H24N6S/c1-17(2)19-10-12-20(13-11-19)24-22(29)26-23-14-6-9-21-16-28(27-25-21)15-18-7-4-3-5-8-18/h3-14,16-17H,15H2,1-2H3,(H2,24,26,29)/b9-6+,23-14+. The van der Waals surface area contributed by atoms with Crippen molar-refractivity contribution in [3.63, 3.8) is 0 Å². The zero-order chi connectivity index (χ0) is 20.5. The first-order valence-electron chi connectivity index (χ1n) is 9.41. The fourth-order valence-electron chi connectivity index (χ4n) is 2.63. The summed E-state index contributed by atoms with van der Waals surface area (Å²) in [6.45, 7) is 5.02. The first-order chi connectivity index (χ1) is 14.1. The molecule has 0 atom stereocenters. The first kappa shape index (κ1) is 20.4. The average molecular weight is 405 g/mol. The molecular weight excluding hydrogens is 380 g/mol. The van der Waals surface area contributed by atoms with Gasteiger partial charge in [-0.2, -0.15) is 5.10 Å². The second-order valence-electron chi connectivity index (χ2n) is 6.81. The highest BCUT2D eigenvalue weighted by Crippen LogP contribution is 2.16. The maximum atomic E-state index is 5.24. The van der Waals surface area contributed by atoms with Crippen molar-refractivity contribution in [2.75, 3.05) is 5.32 Å². The molecule has 3 rings (SSSR count). The Kier molecular flexibility index (Phi) is 7.24. The van der Waals surface area contributed by atoms with Crippen molar-refractivity contribution in [2.24, 2.45) is 5.10 Å². The lowest BCUT2D eigenvalue weighted by molar-refractivity contribution is 0.649. The van der Waals surface area contributed by atoms with Gasteiger partial charge in [-0.15, -0.1) is 5.10 Å². The molecule has 7 heteroatoms. The Morgan fingerprint density at radius 3 is 2.62 bits per heavy atom. The van der Waals surface area contributed by atoms with E-state index in [1.54, 1.807) is 17.0 Å². The van der Waals surface area contributed by atoms with Gasteiger partial charge < -0.3 is 5.32 Å². The Labute approximate surface area is 176 Å². The van der Waals surface area contributed by atoms with Crippen LogP contribution < -0.4 is 10.7 Å². The fourth-order valence-corrected chi connectivity index (χ4v) is 2.80. The topological polar surface area (TPSA) is 67.1 Å². The molecule has 0 aliphatic carbocycles. The lowest BCUT2D eigenvalue weighted by Crippen LogP contribution is -2.23. The van der Waals surface area contributed by atoms with Gasteiger partial charge in [0.05, 0.1) is 12.7 Å². The molecule has 2 aromatic carbocycles. The molecule has 29 heavy (non-hydrogen) atoms. The van der Waals surface area contributed by atoms with E-state index >= 15 is 0 Å². The molecule has 0 saturated heterocycles. The summed E-state index contributed by atoms with van der Waals surface area (Å²) in [5.41, 5.74) is 6.95. The Morgan fingerprint density at radius 2 is 1.90 bits per heavy atom. The molecule has 1 aromatic heterocycles. The van der Waals surface area contributed by atoms with Gasteiger partial charge in [0.2, 0.25) is 0 Å². The molecule has 0 saturated carbocycles. The van der Waals surface area contributed by atoms with Crippen molar-refractivity contribution in [3.8, 4) is 0 Å². The van der Waals surface area contributed by atoms with E-state index in [-0.39, 0.29) is 0 Å². The Morgan fingerprint density at radius 1 is 1.14 bits per heavy atom. The quantitative estimate of drug-likeness (QED) is 0.346. The fraction of sp³-hybridized carbons (Fsp3) is 0.182. The number of allylic oxidation sites excluding steroid dienone is 1. The zero-order valence-electron chi connectivity index (χ0n) is 16.5. The maximum Gasteiger partial charge on any atom is 0.191 e. The summed E-state index contributed by atoms with van der Waals surface area (Å²) in [6, 6.07) is 18.3. The summed E-state index contributed by atoms with van der Waals surface area (Å²) in [7, 11) is 0. The van der Waals surface area contributed by atoms with Crippen LogP contribution in [-0.4, -0.2) is 26.3 Å². The third kappa shape index (κ3) is 6.65. The second kappa shape index (κ2) is 10.3. The molecule has 0 bridgehead atoms. The van der Waals surface area contributed by atoms with Gasteiger partial charge in [0.25, 0.3) is 0 Å². The van der Waals surface area contributed by atoms with Crippen LogP contribution in [0.2, 0.25) is 0 Å². The number of aromatic nitrogens is 3. The molecule has 148 valence electrons. The molecule has 6 nitrogen and oxygen atoms in total. The van der Waals surface area contributed by atoms with Crippen molar-refractivity contribution in [1.29, 1.82) is 0 Å². The van der Waals surface area contributed by atoms with Crippen LogP contribution in [0.25, 0.3) is 6.08 Å². The van der Waals surface area contributed by atoms with E-state index in [1.165, 1.54) is 11.1 Å². The minimum atomic E-state index is 0.431. The van der Waals surface area contributed by atoms with E-state index in [1.807, 2.05) is 42.6 Å². The van der Waals surface area contributed by atoms with Gasteiger partial charge >= 0.3 is 0 Å². The van der Waals surface area contributed by atoms with Crippen molar-refractivity contribution in [3.05, 3.63) is 83.7 Å². The van der Waals surface area contributed by atoms with Gasteiger partial charge in [0.1, 0.15) is 5.69 Å². The predicted molar refractivity (Wildman–Crippen MR) is 123 cm³/mol. The van der Waals surface area contributed by atoms with Crippen molar-refractivity contribution in [1.82, 2.24) is 20.4 Å². The van der Waals surface area contributed by atoms with E-state index in [0.717, 1.165) is 11.4 Å². The number of hydrogen-bond acceptors (Lipinski definition) is 4. The van der Waals surface area contributed by atoms with Gasteiger partial charge in [0.15, 0.2) is 5.11 Å². The highest BCUT2D eigenvalue weighted by atomic mass is 32.1. The summed E-state index contributed by atoms with van der Waals surface area (Å²) in [5.74, 6) is 0.505. The van der Waals surface area contributed by atoms with Crippen LogP contribution in [0.15, 0.2) is 72.0 Å². The number of benzene rings is 2. The number of nitrogens with zero attached hydrogens (tertiary/aromatic N) is 4. The lowest BCUT2D eigenvalue weighted by atomic mass is 10.0. The monoisotopic (exact) mass is 404 g/mol. The summed E-state index contributed by atoms with van der Waals surface area (Å²) >= 11 is 5.24. The van der Waals surface area contributed by atoms with E-state index in [4.69, 9.17) is 12.2 Å². The van der Waals surface area contributed by atoms with E-state index in [9.17, 15) is 0 Å². The summed E-state index contributed by atoms with van der Waals surface area (Å²) < 4.78 is 1.80. The molecule has 0 fully saturated rings. The van der Waals surface area contributed by atoms with Crippen LogP contribution in [0.5, 0.6) is 0 Å². The van der Waals surface area contributed by atoms with Crippen LogP contribution in [-0.2, 0) is 6.54 Å². The van der Waals surface area contributed by atoms with Gasteiger partial charge in [-0.25, -0.2) is 4.68 Å². The Hall–Kier alpha value is -3.32. The molecule has 1 heterocycles. The summed E-state index contributed by atoms with van der Waals surface area (Å²) in [5, 5.41) is 15.9. The van der Waals surface area contributed by atoms with Gasteiger partial charge in [-0.05, 0) is 53.5 Å². The second-order valence-corrected chi connectivity index (χ2v) is 7.21. The zero-order valence-corrected chi connectivity index (χ0v) is 17.3. The van der Waals surface area contributed by atoms with Gasteiger partial charge in [-0.1, -0.05) is 61.5 Å². The van der Waals surface area contributed by atoms with Crippen LogP contribution in [0.3, 0.4) is 0 Å². The van der Waals surface area contributed by atoms with E-state index in [0.29, 0.717) is 17.6 Å². The predicted octanol–water partition coefficient (Wildman–Crippen LogP) is 4.44. The Balaban J connectivity index is 1.43. The molecule has 0 amide bonds. The highest BCUT2D eigenvalue weighted by Gasteiger charge is 2.00. The number of rotatable bonds is 7. The molecule has 0 unspecified atom stereocenters. The third-order valence-corrected chi connectivity index (χ3v) is 4.37. The number of thiocarbonyl (C=S) groups is 1. The van der Waals surface area contributed by atoms with Crippen LogP contribution in [0.4, 0.5) is 5.69 Å². The van der Waals surface area contributed by atoms with Gasteiger partial charge in [0, 0.05) is 11.9 Å². The number of hydrazone groups is 1. The Bertz CT molecular complexity index is 974. The maximum absolute atomic E-state index is 5.24. The van der Waals surface area contributed by atoms with Crippen molar-refractivity contribution < 1.29 is 0 Å². The molecule has 0 radical (unpaired) electrons. The molecule has 0 spiro atoms. The number of anilines is 1. The summed E-state index contributed by atoms with van der Waals surface area (Å²) in [6.07, 6.45) is 7.12.